The molecule has 1 aliphatic rings. The largest absolute Gasteiger partial charge is 0.355 e. The van der Waals surface area contributed by atoms with Gasteiger partial charge in [0.05, 0.1) is 4.47 Å². The summed E-state index contributed by atoms with van der Waals surface area (Å²) in [7, 11) is 2.11. The highest BCUT2D eigenvalue weighted by Crippen LogP contribution is 2.32. The van der Waals surface area contributed by atoms with Crippen LogP contribution in [0, 0.1) is 0 Å². The Labute approximate surface area is 113 Å². The molecule has 2 atom stereocenters. The number of anilines is 1. The second-order valence-corrected chi connectivity index (χ2v) is 6.20. The third-order valence-electron chi connectivity index (χ3n) is 3.13. The Morgan fingerprint density at radius 1 is 1.38 bits per heavy atom. The standard InChI is InChI=1S/C11H15Br2N3/c1-16(10-5-3-2-4-8(10)12)11-9(13)6-14-7-15-11/h6-8,10H,2-5H2,1H3. The summed E-state index contributed by atoms with van der Waals surface area (Å²) in [6.07, 6.45) is 8.50. The molecule has 16 heavy (non-hydrogen) atoms. The van der Waals surface area contributed by atoms with Gasteiger partial charge < -0.3 is 4.90 Å². The van der Waals surface area contributed by atoms with E-state index >= 15 is 0 Å². The van der Waals surface area contributed by atoms with E-state index in [2.05, 4.69) is 53.8 Å². The Bertz CT molecular complexity index is 359. The second kappa shape index (κ2) is 5.45. The van der Waals surface area contributed by atoms with E-state index < -0.39 is 0 Å². The summed E-state index contributed by atoms with van der Waals surface area (Å²) >= 11 is 7.28. The molecule has 0 aliphatic heterocycles. The lowest BCUT2D eigenvalue weighted by atomic mass is 9.94. The van der Waals surface area contributed by atoms with Crippen LogP contribution in [0.2, 0.25) is 0 Å². The van der Waals surface area contributed by atoms with Gasteiger partial charge in [0.15, 0.2) is 0 Å². The lowest BCUT2D eigenvalue weighted by molar-refractivity contribution is 0.442. The van der Waals surface area contributed by atoms with Gasteiger partial charge >= 0.3 is 0 Å². The number of aromatic nitrogens is 2. The highest BCUT2D eigenvalue weighted by atomic mass is 79.9. The first-order valence-electron chi connectivity index (χ1n) is 5.52. The Balaban J connectivity index is 2.17. The quantitative estimate of drug-likeness (QED) is 0.767. The minimum atomic E-state index is 0.528. The van der Waals surface area contributed by atoms with Crippen molar-refractivity contribution < 1.29 is 0 Å². The molecular formula is C11H15Br2N3. The Morgan fingerprint density at radius 2 is 2.12 bits per heavy atom. The zero-order valence-corrected chi connectivity index (χ0v) is 12.4. The van der Waals surface area contributed by atoms with Crippen molar-refractivity contribution in [1.82, 2.24) is 9.97 Å². The zero-order chi connectivity index (χ0) is 11.5. The maximum Gasteiger partial charge on any atom is 0.146 e. The Hall–Kier alpha value is -0.160. The number of halogens is 2. The highest BCUT2D eigenvalue weighted by Gasteiger charge is 2.27. The molecule has 2 unspecified atom stereocenters. The molecule has 0 saturated heterocycles. The molecule has 1 saturated carbocycles. The first-order valence-corrected chi connectivity index (χ1v) is 7.23. The fourth-order valence-corrected chi connectivity index (χ4v) is 3.67. The minimum Gasteiger partial charge on any atom is -0.355 e. The molecule has 0 bridgehead atoms. The van der Waals surface area contributed by atoms with Crippen molar-refractivity contribution in [2.45, 2.75) is 36.6 Å². The van der Waals surface area contributed by atoms with Crippen LogP contribution in [0.3, 0.4) is 0 Å². The summed E-state index contributed by atoms with van der Waals surface area (Å²) < 4.78 is 0.961. The summed E-state index contributed by atoms with van der Waals surface area (Å²) in [4.78, 5) is 11.1. The molecule has 0 aromatic carbocycles. The van der Waals surface area contributed by atoms with Gasteiger partial charge in [-0.15, -0.1) is 0 Å². The maximum atomic E-state index is 4.33. The molecule has 88 valence electrons. The van der Waals surface area contributed by atoms with Crippen LogP contribution >= 0.6 is 31.9 Å². The van der Waals surface area contributed by atoms with Crippen LogP contribution in [0.5, 0.6) is 0 Å². The number of rotatable bonds is 2. The van der Waals surface area contributed by atoms with E-state index in [9.17, 15) is 0 Å². The van der Waals surface area contributed by atoms with Crippen molar-refractivity contribution in [2.24, 2.45) is 0 Å². The van der Waals surface area contributed by atoms with Gasteiger partial charge in [-0.3, -0.25) is 0 Å². The lowest BCUT2D eigenvalue weighted by Gasteiger charge is -2.36. The summed E-state index contributed by atoms with van der Waals surface area (Å²) in [5.74, 6) is 0.978. The summed E-state index contributed by atoms with van der Waals surface area (Å²) in [5.41, 5.74) is 0. The van der Waals surface area contributed by atoms with E-state index in [-0.39, 0.29) is 0 Å². The zero-order valence-electron chi connectivity index (χ0n) is 9.24. The second-order valence-electron chi connectivity index (χ2n) is 4.17. The van der Waals surface area contributed by atoms with Crippen molar-refractivity contribution in [3.63, 3.8) is 0 Å². The van der Waals surface area contributed by atoms with Crippen molar-refractivity contribution in [3.05, 3.63) is 17.0 Å². The smallest absolute Gasteiger partial charge is 0.146 e. The average molecular weight is 349 g/mol. The maximum absolute atomic E-state index is 4.33. The van der Waals surface area contributed by atoms with Crippen molar-refractivity contribution in [1.29, 1.82) is 0 Å². The summed E-state index contributed by atoms with van der Waals surface area (Å²) in [6, 6.07) is 0.528. The van der Waals surface area contributed by atoms with Gasteiger partial charge in [-0.05, 0) is 28.8 Å². The van der Waals surface area contributed by atoms with Gasteiger partial charge in [-0.25, -0.2) is 9.97 Å². The van der Waals surface area contributed by atoms with Crippen molar-refractivity contribution in [3.8, 4) is 0 Å². The van der Waals surface area contributed by atoms with Crippen LogP contribution < -0.4 is 4.90 Å². The molecular weight excluding hydrogens is 334 g/mol. The molecule has 0 amide bonds. The molecule has 1 aromatic heterocycles. The van der Waals surface area contributed by atoms with Gasteiger partial charge in [0.1, 0.15) is 12.1 Å². The first kappa shape index (κ1) is 12.3. The Kier molecular flexibility index (Phi) is 4.19. The molecule has 0 radical (unpaired) electrons. The fraction of sp³-hybridized carbons (Fsp3) is 0.636. The predicted molar refractivity (Wildman–Crippen MR) is 73.1 cm³/mol. The monoisotopic (exact) mass is 347 g/mol. The van der Waals surface area contributed by atoms with Crippen LogP contribution in [0.4, 0.5) is 5.82 Å². The fourth-order valence-electron chi connectivity index (χ4n) is 2.23. The highest BCUT2D eigenvalue weighted by molar-refractivity contribution is 9.10. The van der Waals surface area contributed by atoms with E-state index in [4.69, 9.17) is 0 Å². The topological polar surface area (TPSA) is 29.0 Å². The predicted octanol–water partition coefficient (Wildman–Crippen LogP) is 3.38. The first-order chi connectivity index (χ1) is 7.70. The van der Waals surface area contributed by atoms with E-state index in [1.807, 2.05) is 0 Å². The lowest BCUT2D eigenvalue weighted by Crippen LogP contribution is -2.41. The molecule has 1 aromatic rings. The molecule has 2 rings (SSSR count). The van der Waals surface area contributed by atoms with E-state index in [1.54, 1.807) is 12.5 Å². The SMILES string of the molecule is CN(c1ncncc1Br)C1CCCCC1Br. The van der Waals surface area contributed by atoms with Crippen LogP contribution in [0.1, 0.15) is 25.7 Å². The molecule has 1 aliphatic carbocycles. The molecule has 1 heterocycles. The van der Waals surface area contributed by atoms with Crippen LogP contribution in [-0.2, 0) is 0 Å². The van der Waals surface area contributed by atoms with Gasteiger partial charge in [-0.1, -0.05) is 28.8 Å². The third kappa shape index (κ3) is 2.56. The van der Waals surface area contributed by atoms with Gasteiger partial charge in [-0.2, -0.15) is 0 Å². The van der Waals surface area contributed by atoms with Gasteiger partial charge in [0.25, 0.3) is 0 Å². The van der Waals surface area contributed by atoms with Crippen molar-refractivity contribution >= 4 is 37.7 Å². The number of hydrogen-bond donors (Lipinski definition) is 0. The van der Waals surface area contributed by atoms with Crippen LogP contribution in [-0.4, -0.2) is 27.9 Å². The van der Waals surface area contributed by atoms with E-state index in [0.29, 0.717) is 10.9 Å². The van der Waals surface area contributed by atoms with E-state index in [1.165, 1.54) is 25.7 Å². The Morgan fingerprint density at radius 3 is 2.81 bits per heavy atom. The van der Waals surface area contributed by atoms with Gasteiger partial charge in [0.2, 0.25) is 0 Å². The van der Waals surface area contributed by atoms with Crippen molar-refractivity contribution in [2.75, 3.05) is 11.9 Å². The molecule has 5 heteroatoms. The van der Waals surface area contributed by atoms with Crippen LogP contribution in [0.25, 0.3) is 0 Å². The number of hydrogen-bond acceptors (Lipinski definition) is 3. The normalized spacial score (nSPS) is 25.4. The van der Waals surface area contributed by atoms with Gasteiger partial charge in [0, 0.05) is 24.1 Å². The van der Waals surface area contributed by atoms with E-state index in [0.717, 1.165) is 10.3 Å². The number of nitrogens with zero attached hydrogens (tertiary/aromatic N) is 3. The molecule has 0 N–H and O–H groups in total. The van der Waals surface area contributed by atoms with Crippen LogP contribution in [0.15, 0.2) is 17.0 Å². The molecule has 3 nitrogen and oxygen atoms in total. The molecule has 0 spiro atoms. The third-order valence-corrected chi connectivity index (χ3v) is 4.75. The summed E-state index contributed by atoms with van der Waals surface area (Å²) in [5, 5.41) is 0. The average Bonchev–Trinajstić information content (AvgIpc) is 2.29. The molecule has 1 fully saturated rings. The minimum absolute atomic E-state index is 0.528. The summed E-state index contributed by atoms with van der Waals surface area (Å²) in [6.45, 7) is 0. The number of alkyl halides is 1.